The van der Waals surface area contributed by atoms with E-state index in [9.17, 15) is 4.79 Å². The van der Waals surface area contributed by atoms with Gasteiger partial charge in [-0.25, -0.2) is 4.79 Å². The van der Waals surface area contributed by atoms with Gasteiger partial charge >= 0.3 is 5.97 Å². The van der Waals surface area contributed by atoms with Crippen molar-refractivity contribution in [1.82, 2.24) is 5.32 Å². The molecular formula is C22H24Cl3NO2. The first kappa shape index (κ1) is 22.6. The first-order chi connectivity index (χ1) is 13.1. The SMILES string of the molecule is CC(C)=CC(OC(=O)C=C(C)NC(C)c1cccc2ccccc12)C(Cl)(Cl)Cl. The van der Waals surface area contributed by atoms with Gasteiger partial charge in [-0.05, 0) is 50.1 Å². The molecule has 0 aliphatic carbocycles. The quantitative estimate of drug-likeness (QED) is 0.237. The Balaban J connectivity index is 2.12. The van der Waals surface area contributed by atoms with E-state index in [1.165, 1.54) is 16.8 Å². The Kier molecular flexibility index (Phi) is 7.82. The molecule has 28 heavy (non-hydrogen) atoms. The molecule has 150 valence electrons. The highest BCUT2D eigenvalue weighted by Crippen LogP contribution is 2.34. The molecular weight excluding hydrogens is 417 g/mol. The van der Waals surface area contributed by atoms with Crippen LogP contribution in [0.15, 0.2) is 65.9 Å². The fraction of sp³-hybridized carbons (Fsp3) is 0.318. The third-order valence-corrected chi connectivity index (χ3v) is 4.76. The van der Waals surface area contributed by atoms with Crippen molar-refractivity contribution in [3.05, 3.63) is 71.5 Å². The van der Waals surface area contributed by atoms with Gasteiger partial charge in [-0.2, -0.15) is 0 Å². The molecule has 6 heteroatoms. The Labute approximate surface area is 181 Å². The summed E-state index contributed by atoms with van der Waals surface area (Å²) in [5, 5.41) is 5.65. The van der Waals surface area contributed by atoms with Crippen molar-refractivity contribution in [1.29, 1.82) is 0 Å². The summed E-state index contributed by atoms with van der Waals surface area (Å²) in [5.74, 6) is -0.580. The molecule has 0 fully saturated rings. The van der Waals surface area contributed by atoms with E-state index in [1.807, 2.05) is 39.0 Å². The zero-order valence-electron chi connectivity index (χ0n) is 16.3. The number of esters is 1. The molecule has 0 heterocycles. The molecule has 0 spiro atoms. The minimum Gasteiger partial charge on any atom is -0.450 e. The standard InChI is InChI=1S/C22H24Cl3NO2/c1-14(2)12-20(22(23,24)25)28-21(27)13-15(3)26-16(4)18-11-7-9-17-8-5-6-10-19(17)18/h5-13,16,20,26H,1-4H3. The van der Waals surface area contributed by atoms with Gasteiger partial charge in [0.05, 0.1) is 0 Å². The Morgan fingerprint density at radius 2 is 1.71 bits per heavy atom. The molecule has 2 aromatic rings. The third-order valence-electron chi connectivity index (χ3n) is 4.12. The van der Waals surface area contributed by atoms with Crippen LogP contribution in [0.5, 0.6) is 0 Å². The number of rotatable bonds is 6. The molecule has 2 atom stereocenters. The molecule has 2 unspecified atom stereocenters. The van der Waals surface area contributed by atoms with E-state index in [0.717, 1.165) is 11.1 Å². The number of benzene rings is 2. The summed E-state index contributed by atoms with van der Waals surface area (Å²) in [6.07, 6.45) is 2.01. The van der Waals surface area contributed by atoms with Crippen LogP contribution in [0.1, 0.15) is 39.3 Å². The minimum atomic E-state index is -1.74. The van der Waals surface area contributed by atoms with Gasteiger partial charge in [0.25, 0.3) is 0 Å². The van der Waals surface area contributed by atoms with Gasteiger partial charge in [-0.1, -0.05) is 82.8 Å². The number of nitrogens with one attached hydrogen (secondary N) is 1. The summed E-state index contributed by atoms with van der Waals surface area (Å²) in [7, 11) is 0. The maximum absolute atomic E-state index is 12.3. The topological polar surface area (TPSA) is 38.3 Å². The van der Waals surface area contributed by atoms with Gasteiger partial charge in [0.15, 0.2) is 6.10 Å². The van der Waals surface area contributed by atoms with Crippen LogP contribution in [0.2, 0.25) is 0 Å². The second-order valence-corrected chi connectivity index (χ2v) is 9.27. The van der Waals surface area contributed by atoms with Crippen LogP contribution in [-0.4, -0.2) is 15.9 Å². The molecule has 0 amide bonds. The molecule has 3 nitrogen and oxygen atoms in total. The van der Waals surface area contributed by atoms with E-state index in [1.54, 1.807) is 13.0 Å². The zero-order valence-corrected chi connectivity index (χ0v) is 18.6. The predicted octanol–water partition coefficient (Wildman–Crippen LogP) is 6.64. The zero-order chi connectivity index (χ0) is 20.9. The predicted molar refractivity (Wildman–Crippen MR) is 119 cm³/mol. The number of allylic oxidation sites excluding steroid dienone is 2. The van der Waals surface area contributed by atoms with Gasteiger partial charge in [0.1, 0.15) is 0 Å². The number of ether oxygens (including phenoxy) is 1. The molecule has 0 aliphatic heterocycles. The number of halogens is 3. The number of carbonyl (C=O) groups is 1. The minimum absolute atomic E-state index is 0.00287. The van der Waals surface area contributed by atoms with Gasteiger partial charge in [0, 0.05) is 17.8 Å². The lowest BCUT2D eigenvalue weighted by atomic mass is 9.99. The van der Waals surface area contributed by atoms with Crippen LogP contribution in [-0.2, 0) is 9.53 Å². The molecule has 0 bridgehead atoms. The first-order valence-electron chi connectivity index (χ1n) is 8.92. The van der Waals surface area contributed by atoms with Crippen LogP contribution in [0.4, 0.5) is 0 Å². The van der Waals surface area contributed by atoms with Crippen molar-refractivity contribution >= 4 is 51.5 Å². The van der Waals surface area contributed by atoms with E-state index in [2.05, 4.69) is 29.6 Å². The molecule has 0 aliphatic rings. The average molecular weight is 441 g/mol. The highest BCUT2D eigenvalue weighted by molar-refractivity contribution is 6.68. The average Bonchev–Trinajstić information content (AvgIpc) is 2.59. The highest BCUT2D eigenvalue weighted by Gasteiger charge is 2.34. The van der Waals surface area contributed by atoms with E-state index in [-0.39, 0.29) is 6.04 Å². The number of hydrogen-bond donors (Lipinski definition) is 1. The summed E-state index contributed by atoms with van der Waals surface area (Å²) in [6.45, 7) is 7.52. The molecule has 0 radical (unpaired) electrons. The largest absolute Gasteiger partial charge is 0.450 e. The van der Waals surface area contributed by atoms with Crippen LogP contribution in [0, 0.1) is 0 Å². The van der Waals surface area contributed by atoms with Gasteiger partial charge in [-0.3, -0.25) is 0 Å². The van der Waals surface area contributed by atoms with E-state index in [0.29, 0.717) is 5.70 Å². The summed E-state index contributed by atoms with van der Waals surface area (Å²) in [5.41, 5.74) is 2.68. The molecule has 0 saturated heterocycles. The molecule has 0 saturated carbocycles. The third kappa shape index (κ3) is 6.44. The highest BCUT2D eigenvalue weighted by atomic mass is 35.6. The van der Waals surface area contributed by atoms with Crippen molar-refractivity contribution in [2.24, 2.45) is 0 Å². The van der Waals surface area contributed by atoms with E-state index >= 15 is 0 Å². The lowest BCUT2D eigenvalue weighted by Crippen LogP contribution is -2.29. The van der Waals surface area contributed by atoms with Crippen LogP contribution < -0.4 is 5.32 Å². The number of fused-ring (bicyclic) bond motifs is 1. The number of alkyl halides is 3. The van der Waals surface area contributed by atoms with Crippen molar-refractivity contribution < 1.29 is 9.53 Å². The fourth-order valence-corrected chi connectivity index (χ4v) is 3.25. The van der Waals surface area contributed by atoms with Crippen molar-refractivity contribution in [3.63, 3.8) is 0 Å². The van der Waals surface area contributed by atoms with Gasteiger partial charge in [0.2, 0.25) is 3.79 Å². The Morgan fingerprint density at radius 1 is 1.07 bits per heavy atom. The molecule has 2 aromatic carbocycles. The normalized spacial score (nSPS) is 14.3. The second kappa shape index (κ2) is 9.69. The number of hydrogen-bond acceptors (Lipinski definition) is 3. The fourth-order valence-electron chi connectivity index (χ4n) is 2.92. The Bertz CT molecular complexity index is 891. The lowest BCUT2D eigenvalue weighted by Gasteiger charge is -2.22. The van der Waals surface area contributed by atoms with E-state index < -0.39 is 15.9 Å². The summed E-state index contributed by atoms with van der Waals surface area (Å²) in [4.78, 5) is 12.3. The first-order valence-corrected chi connectivity index (χ1v) is 10.1. The van der Waals surface area contributed by atoms with Crippen molar-refractivity contribution in [3.8, 4) is 0 Å². The Hall–Kier alpha value is -1.68. The molecule has 1 N–H and O–H groups in total. The van der Waals surface area contributed by atoms with Crippen molar-refractivity contribution in [2.75, 3.05) is 0 Å². The van der Waals surface area contributed by atoms with Crippen LogP contribution in [0.3, 0.4) is 0 Å². The number of carbonyl (C=O) groups excluding carboxylic acids is 1. The van der Waals surface area contributed by atoms with Gasteiger partial charge in [-0.15, -0.1) is 0 Å². The summed E-state index contributed by atoms with van der Waals surface area (Å²) >= 11 is 17.7. The van der Waals surface area contributed by atoms with Gasteiger partial charge < -0.3 is 10.1 Å². The summed E-state index contributed by atoms with van der Waals surface area (Å²) in [6, 6.07) is 14.3. The maximum atomic E-state index is 12.3. The maximum Gasteiger partial charge on any atom is 0.333 e. The molecule has 2 rings (SSSR count). The van der Waals surface area contributed by atoms with Crippen LogP contribution >= 0.6 is 34.8 Å². The van der Waals surface area contributed by atoms with E-state index in [4.69, 9.17) is 39.5 Å². The monoisotopic (exact) mass is 439 g/mol. The molecule has 0 aromatic heterocycles. The lowest BCUT2D eigenvalue weighted by molar-refractivity contribution is -0.140. The van der Waals surface area contributed by atoms with Crippen LogP contribution in [0.25, 0.3) is 10.8 Å². The smallest absolute Gasteiger partial charge is 0.333 e. The second-order valence-electron chi connectivity index (χ2n) is 6.90. The summed E-state index contributed by atoms with van der Waals surface area (Å²) < 4.78 is 3.59. The van der Waals surface area contributed by atoms with Crippen molar-refractivity contribution in [2.45, 2.75) is 43.6 Å². The Morgan fingerprint density at radius 3 is 2.36 bits per heavy atom.